The summed E-state index contributed by atoms with van der Waals surface area (Å²) in [6, 6.07) is 0. The van der Waals surface area contributed by atoms with Crippen LogP contribution in [-0.4, -0.2) is 78.2 Å². The van der Waals surface area contributed by atoms with Crippen molar-refractivity contribution < 1.29 is 9.13 Å². The summed E-state index contributed by atoms with van der Waals surface area (Å²) in [6.07, 6.45) is 0.466. The fourth-order valence-electron chi connectivity index (χ4n) is 2.34. The Morgan fingerprint density at radius 1 is 1.25 bits per heavy atom. The van der Waals surface area contributed by atoms with Crippen LogP contribution >= 0.6 is 0 Å². The molecule has 0 spiro atoms. The van der Waals surface area contributed by atoms with E-state index in [1.165, 1.54) is 0 Å². The van der Waals surface area contributed by atoms with E-state index in [0.29, 0.717) is 25.5 Å². The maximum Gasteiger partial charge on any atom is 0.191 e. The van der Waals surface area contributed by atoms with Gasteiger partial charge in [0.25, 0.3) is 0 Å². The molecular weight excluding hydrogens is 313 g/mol. The molecule has 0 amide bonds. The molecular formula is C15H28FN7O. The molecule has 1 aliphatic rings. The molecule has 0 saturated carbocycles. The van der Waals surface area contributed by atoms with E-state index < -0.39 is 0 Å². The maximum absolute atomic E-state index is 12.3. The summed E-state index contributed by atoms with van der Waals surface area (Å²) in [5.41, 5.74) is 0. The first kappa shape index (κ1) is 18.6. The number of hydrogen-bond acceptors (Lipinski definition) is 5. The molecule has 1 aromatic heterocycles. The Labute approximate surface area is 142 Å². The zero-order chi connectivity index (χ0) is 17.2. The fourth-order valence-corrected chi connectivity index (χ4v) is 2.34. The predicted molar refractivity (Wildman–Crippen MR) is 90.7 cm³/mol. The van der Waals surface area contributed by atoms with Crippen LogP contribution in [0.15, 0.2) is 4.99 Å². The first-order valence-electron chi connectivity index (χ1n) is 8.44. The van der Waals surface area contributed by atoms with E-state index >= 15 is 0 Å². The Balaban J connectivity index is 1.83. The summed E-state index contributed by atoms with van der Waals surface area (Å²) in [5, 5.41) is 14.6. The van der Waals surface area contributed by atoms with Crippen LogP contribution in [0.4, 0.5) is 4.39 Å². The lowest BCUT2D eigenvalue weighted by Gasteiger charge is -2.26. The van der Waals surface area contributed by atoms with Gasteiger partial charge in [-0.1, -0.05) is 0 Å². The second-order valence-electron chi connectivity index (χ2n) is 5.74. The molecule has 1 aromatic rings. The third-order valence-corrected chi connectivity index (χ3v) is 3.99. The number of nitrogens with zero attached hydrogens (tertiary/aromatic N) is 5. The number of rotatable bonds is 8. The molecule has 0 radical (unpaired) electrons. The van der Waals surface area contributed by atoms with E-state index in [1.807, 2.05) is 18.5 Å². The van der Waals surface area contributed by atoms with Crippen molar-refractivity contribution in [2.45, 2.75) is 19.9 Å². The van der Waals surface area contributed by atoms with Gasteiger partial charge in [0.2, 0.25) is 0 Å². The Hall–Kier alpha value is -1.74. The Morgan fingerprint density at radius 2 is 2.00 bits per heavy atom. The molecule has 1 fully saturated rings. The van der Waals surface area contributed by atoms with Gasteiger partial charge in [-0.05, 0) is 13.3 Å². The van der Waals surface area contributed by atoms with Crippen LogP contribution in [0.1, 0.15) is 18.1 Å². The van der Waals surface area contributed by atoms with Gasteiger partial charge in [0.1, 0.15) is 12.4 Å². The lowest BCUT2D eigenvalue weighted by atomic mass is 10.4. The number of hydrogen-bond donors (Lipinski definition) is 2. The highest BCUT2D eigenvalue weighted by atomic mass is 19.1. The third kappa shape index (κ3) is 6.04. The third-order valence-electron chi connectivity index (χ3n) is 3.99. The minimum Gasteiger partial charge on any atom is -0.379 e. The summed E-state index contributed by atoms with van der Waals surface area (Å²) < 4.78 is 19.6. The van der Waals surface area contributed by atoms with Crippen LogP contribution in [0.25, 0.3) is 0 Å². The van der Waals surface area contributed by atoms with Crippen molar-refractivity contribution in [3.63, 3.8) is 0 Å². The first-order chi connectivity index (χ1) is 11.7. The Kier molecular flexibility index (Phi) is 7.90. The molecule has 0 bridgehead atoms. The van der Waals surface area contributed by atoms with Gasteiger partial charge in [-0.2, -0.15) is 0 Å². The molecule has 9 heteroatoms. The highest BCUT2D eigenvalue weighted by Gasteiger charge is 2.10. The number of aryl methyl sites for hydroxylation is 1. The normalized spacial score (nSPS) is 16.4. The van der Waals surface area contributed by atoms with Crippen LogP contribution in [0, 0.1) is 6.92 Å². The molecule has 0 aromatic carbocycles. The van der Waals surface area contributed by atoms with Crippen molar-refractivity contribution in [2.75, 3.05) is 52.6 Å². The van der Waals surface area contributed by atoms with E-state index in [9.17, 15) is 4.39 Å². The van der Waals surface area contributed by atoms with Gasteiger partial charge in [-0.3, -0.25) is 9.29 Å². The average molecular weight is 341 g/mol. The number of morpholine rings is 1. The number of alkyl halides is 1. The quantitative estimate of drug-likeness (QED) is 0.389. The predicted octanol–water partition coefficient (Wildman–Crippen LogP) is -0.149. The largest absolute Gasteiger partial charge is 0.379 e. The monoisotopic (exact) mass is 341 g/mol. The van der Waals surface area contributed by atoms with Crippen molar-refractivity contribution in [3.8, 4) is 0 Å². The van der Waals surface area contributed by atoms with Crippen molar-refractivity contribution in [1.82, 2.24) is 30.3 Å². The summed E-state index contributed by atoms with van der Waals surface area (Å²) in [4.78, 5) is 6.88. The van der Waals surface area contributed by atoms with E-state index in [-0.39, 0.29) is 6.67 Å². The van der Waals surface area contributed by atoms with E-state index in [1.54, 1.807) is 0 Å². The second-order valence-corrected chi connectivity index (χ2v) is 5.74. The second kappa shape index (κ2) is 10.2. The van der Waals surface area contributed by atoms with E-state index in [0.717, 1.165) is 51.0 Å². The Bertz CT molecular complexity index is 514. The van der Waals surface area contributed by atoms with Gasteiger partial charge in [0.15, 0.2) is 11.8 Å². The molecule has 1 saturated heterocycles. The van der Waals surface area contributed by atoms with Gasteiger partial charge in [-0.25, -0.2) is 4.99 Å². The van der Waals surface area contributed by atoms with Gasteiger partial charge >= 0.3 is 0 Å². The standard InChI is InChI=1S/C15H28FN7O/c1-13-20-21-14(22(13)2)12-19-15(17-5-3-4-16)18-6-7-23-8-10-24-11-9-23/h3-12H2,1-2H3,(H2,17,18,19). The van der Waals surface area contributed by atoms with Crippen molar-refractivity contribution >= 4 is 5.96 Å². The smallest absolute Gasteiger partial charge is 0.191 e. The molecule has 0 atom stereocenters. The Morgan fingerprint density at radius 3 is 2.67 bits per heavy atom. The zero-order valence-corrected chi connectivity index (χ0v) is 14.6. The fraction of sp³-hybridized carbons (Fsp3) is 0.800. The minimum absolute atomic E-state index is 0.337. The molecule has 2 heterocycles. The summed E-state index contributed by atoms with van der Waals surface area (Å²) in [7, 11) is 1.92. The lowest BCUT2D eigenvalue weighted by molar-refractivity contribution is 0.0389. The van der Waals surface area contributed by atoms with Crippen LogP contribution in [0.5, 0.6) is 0 Å². The first-order valence-corrected chi connectivity index (χ1v) is 8.44. The summed E-state index contributed by atoms with van der Waals surface area (Å²) in [6.45, 7) is 7.76. The molecule has 0 aliphatic carbocycles. The van der Waals surface area contributed by atoms with Crippen molar-refractivity contribution in [3.05, 3.63) is 11.6 Å². The van der Waals surface area contributed by atoms with Crippen LogP contribution in [0.3, 0.4) is 0 Å². The number of guanidine groups is 1. The van der Waals surface area contributed by atoms with Crippen molar-refractivity contribution in [1.29, 1.82) is 0 Å². The van der Waals surface area contributed by atoms with Crippen LogP contribution < -0.4 is 10.6 Å². The molecule has 2 N–H and O–H groups in total. The van der Waals surface area contributed by atoms with Crippen LogP contribution in [-0.2, 0) is 18.3 Å². The van der Waals surface area contributed by atoms with Gasteiger partial charge in [-0.15, -0.1) is 10.2 Å². The van der Waals surface area contributed by atoms with Gasteiger partial charge < -0.3 is 19.9 Å². The summed E-state index contributed by atoms with van der Waals surface area (Å²) >= 11 is 0. The van der Waals surface area contributed by atoms with E-state index in [2.05, 4.69) is 30.7 Å². The molecule has 24 heavy (non-hydrogen) atoms. The highest BCUT2D eigenvalue weighted by molar-refractivity contribution is 5.79. The lowest BCUT2D eigenvalue weighted by Crippen LogP contribution is -2.44. The topological polar surface area (TPSA) is 79.6 Å². The van der Waals surface area contributed by atoms with E-state index in [4.69, 9.17) is 4.74 Å². The van der Waals surface area contributed by atoms with Crippen LogP contribution in [0.2, 0.25) is 0 Å². The van der Waals surface area contributed by atoms with Crippen molar-refractivity contribution in [2.24, 2.45) is 12.0 Å². The molecule has 136 valence electrons. The average Bonchev–Trinajstić information content (AvgIpc) is 2.92. The molecule has 0 unspecified atom stereocenters. The zero-order valence-electron chi connectivity index (χ0n) is 14.6. The highest BCUT2D eigenvalue weighted by Crippen LogP contribution is 1.99. The SMILES string of the molecule is Cc1nnc(CN=C(NCCCF)NCCN2CCOCC2)n1C. The number of nitrogens with one attached hydrogen (secondary N) is 2. The molecule has 8 nitrogen and oxygen atoms in total. The summed E-state index contributed by atoms with van der Waals surface area (Å²) in [5.74, 6) is 2.33. The number of aromatic nitrogens is 3. The molecule has 2 rings (SSSR count). The number of aliphatic imine (C=N–C) groups is 1. The minimum atomic E-state index is -0.337. The van der Waals surface area contributed by atoms with Gasteiger partial charge in [0, 0.05) is 39.8 Å². The maximum atomic E-state index is 12.3. The molecule has 1 aliphatic heterocycles. The number of halogens is 1. The van der Waals surface area contributed by atoms with Gasteiger partial charge in [0.05, 0.1) is 19.9 Å². The number of ether oxygens (including phenoxy) is 1.